The lowest BCUT2D eigenvalue weighted by atomic mass is 9.77. The zero-order valence-electron chi connectivity index (χ0n) is 13.0. The number of fused-ring (bicyclic) bond motifs is 3. The summed E-state index contributed by atoms with van der Waals surface area (Å²) in [6, 6.07) is 16.6. The largest absolute Gasteiger partial charge is 0.497 e. The third-order valence-electron chi connectivity index (χ3n) is 4.97. The second-order valence-electron chi connectivity index (χ2n) is 6.16. The Morgan fingerprint density at radius 1 is 1.17 bits per heavy atom. The van der Waals surface area contributed by atoms with E-state index in [1.165, 1.54) is 16.8 Å². The van der Waals surface area contributed by atoms with Crippen LogP contribution in [0.1, 0.15) is 35.1 Å². The Bertz CT molecular complexity index is 801. The van der Waals surface area contributed by atoms with Gasteiger partial charge in [-0.05, 0) is 53.8 Å². The van der Waals surface area contributed by atoms with Crippen molar-refractivity contribution in [1.29, 1.82) is 5.26 Å². The maximum Gasteiger partial charge on any atom is 0.119 e. The third-order valence-corrected chi connectivity index (χ3v) is 4.97. The summed E-state index contributed by atoms with van der Waals surface area (Å²) in [5, 5.41) is 12.7. The van der Waals surface area contributed by atoms with E-state index in [0.29, 0.717) is 17.4 Å². The first-order chi connectivity index (χ1) is 11.3. The Kier molecular flexibility index (Phi) is 3.31. The van der Waals surface area contributed by atoms with Gasteiger partial charge in [0.1, 0.15) is 5.75 Å². The van der Waals surface area contributed by atoms with Crippen LogP contribution < -0.4 is 10.1 Å². The first-order valence-corrected chi connectivity index (χ1v) is 7.91. The van der Waals surface area contributed by atoms with Crippen molar-refractivity contribution in [3.05, 3.63) is 71.3 Å². The lowest BCUT2D eigenvalue weighted by Gasteiger charge is -2.37. The van der Waals surface area contributed by atoms with Crippen molar-refractivity contribution >= 4 is 5.69 Å². The van der Waals surface area contributed by atoms with Gasteiger partial charge in [-0.25, -0.2) is 0 Å². The van der Waals surface area contributed by atoms with E-state index >= 15 is 0 Å². The minimum Gasteiger partial charge on any atom is -0.497 e. The number of anilines is 1. The summed E-state index contributed by atoms with van der Waals surface area (Å²) in [5.74, 6) is 1.82. The number of hydrogen-bond donors (Lipinski definition) is 1. The minimum absolute atomic E-state index is 0.267. The maximum atomic E-state index is 8.98. The highest BCUT2D eigenvalue weighted by Gasteiger charge is 2.37. The summed E-state index contributed by atoms with van der Waals surface area (Å²) >= 11 is 0. The molecular weight excluding hydrogens is 284 g/mol. The fraction of sp³-hybridized carbons (Fsp3) is 0.250. The molecule has 3 heteroatoms. The Hall–Kier alpha value is -2.73. The molecule has 0 radical (unpaired) electrons. The van der Waals surface area contributed by atoms with E-state index in [-0.39, 0.29) is 6.04 Å². The van der Waals surface area contributed by atoms with Crippen LogP contribution in [0.15, 0.2) is 54.6 Å². The molecule has 0 saturated heterocycles. The van der Waals surface area contributed by atoms with Gasteiger partial charge in [0.05, 0.1) is 24.8 Å². The first-order valence-electron chi connectivity index (χ1n) is 7.91. The second-order valence-corrected chi connectivity index (χ2v) is 6.16. The Morgan fingerprint density at radius 2 is 2.00 bits per heavy atom. The number of methoxy groups -OCH3 is 1. The average Bonchev–Trinajstić information content (AvgIpc) is 3.11. The lowest BCUT2D eigenvalue weighted by molar-refractivity contribution is 0.405. The highest BCUT2D eigenvalue weighted by atomic mass is 16.5. The molecule has 2 aromatic rings. The molecule has 114 valence electrons. The quantitative estimate of drug-likeness (QED) is 0.837. The van der Waals surface area contributed by atoms with Crippen LogP contribution in [0.3, 0.4) is 0 Å². The van der Waals surface area contributed by atoms with E-state index in [4.69, 9.17) is 10.00 Å². The van der Waals surface area contributed by atoms with Crippen molar-refractivity contribution in [2.75, 3.05) is 12.4 Å². The van der Waals surface area contributed by atoms with Crippen LogP contribution in [0.2, 0.25) is 0 Å². The van der Waals surface area contributed by atoms with Gasteiger partial charge in [-0.15, -0.1) is 0 Å². The molecule has 3 atom stereocenters. The van der Waals surface area contributed by atoms with E-state index in [1.54, 1.807) is 7.11 Å². The monoisotopic (exact) mass is 302 g/mol. The van der Waals surface area contributed by atoms with Gasteiger partial charge in [-0.2, -0.15) is 5.26 Å². The predicted molar refractivity (Wildman–Crippen MR) is 90.5 cm³/mol. The van der Waals surface area contributed by atoms with Gasteiger partial charge in [-0.3, -0.25) is 0 Å². The summed E-state index contributed by atoms with van der Waals surface area (Å²) < 4.78 is 5.38. The third kappa shape index (κ3) is 2.27. The van der Waals surface area contributed by atoms with Crippen molar-refractivity contribution in [2.24, 2.45) is 5.92 Å². The lowest BCUT2D eigenvalue weighted by Crippen LogP contribution is -2.29. The summed E-state index contributed by atoms with van der Waals surface area (Å²) in [7, 11) is 1.71. The zero-order valence-corrected chi connectivity index (χ0v) is 13.0. The molecule has 0 aromatic heterocycles. The number of nitrogens with one attached hydrogen (secondary N) is 1. The van der Waals surface area contributed by atoms with E-state index in [2.05, 4.69) is 47.8 Å². The maximum absolute atomic E-state index is 8.98. The minimum atomic E-state index is 0.267. The fourth-order valence-electron chi connectivity index (χ4n) is 3.79. The van der Waals surface area contributed by atoms with E-state index < -0.39 is 0 Å². The Labute approximate surface area is 136 Å². The number of allylic oxidation sites excluding steroid dienone is 2. The van der Waals surface area contributed by atoms with Crippen LogP contribution >= 0.6 is 0 Å². The zero-order chi connectivity index (χ0) is 15.8. The first kappa shape index (κ1) is 13.9. The Morgan fingerprint density at radius 3 is 2.74 bits per heavy atom. The van der Waals surface area contributed by atoms with Gasteiger partial charge in [0, 0.05) is 11.6 Å². The fourth-order valence-corrected chi connectivity index (χ4v) is 3.79. The smallest absolute Gasteiger partial charge is 0.119 e. The number of nitriles is 1. The molecule has 0 amide bonds. The predicted octanol–water partition coefficient (Wildman–Crippen LogP) is 4.39. The molecule has 0 fully saturated rings. The highest BCUT2D eigenvalue weighted by molar-refractivity contribution is 5.61. The number of hydrogen-bond acceptors (Lipinski definition) is 3. The van der Waals surface area contributed by atoms with Crippen molar-refractivity contribution in [3.8, 4) is 11.8 Å². The van der Waals surface area contributed by atoms with Crippen LogP contribution in [0.5, 0.6) is 5.75 Å². The summed E-state index contributed by atoms with van der Waals surface area (Å²) in [6.45, 7) is 0. The molecule has 1 aliphatic carbocycles. The van der Waals surface area contributed by atoms with Crippen molar-refractivity contribution in [2.45, 2.75) is 18.4 Å². The second kappa shape index (κ2) is 5.48. The molecule has 0 bridgehead atoms. The normalized spacial score (nSPS) is 24.3. The molecule has 1 aliphatic heterocycles. The summed E-state index contributed by atoms with van der Waals surface area (Å²) in [6.07, 6.45) is 5.67. The molecule has 1 N–H and O–H groups in total. The van der Waals surface area contributed by atoms with Crippen LogP contribution in [-0.4, -0.2) is 7.11 Å². The van der Waals surface area contributed by atoms with Gasteiger partial charge in [0.15, 0.2) is 0 Å². The molecule has 23 heavy (non-hydrogen) atoms. The summed E-state index contributed by atoms with van der Waals surface area (Å²) in [5.41, 5.74) is 4.43. The molecular formula is C20H18N2O. The van der Waals surface area contributed by atoms with Crippen molar-refractivity contribution < 1.29 is 4.74 Å². The molecule has 2 aliphatic rings. The number of rotatable bonds is 2. The average molecular weight is 302 g/mol. The number of nitrogens with zero attached hydrogens (tertiary/aromatic N) is 1. The SMILES string of the molecule is COc1ccc2c(c1)[C@@H]1C=CC[C@H]1[C@H](c1ccc(C#N)cc1)N2. The van der Waals surface area contributed by atoms with E-state index in [0.717, 1.165) is 12.2 Å². The molecule has 2 aromatic carbocycles. The van der Waals surface area contributed by atoms with Gasteiger partial charge in [0.2, 0.25) is 0 Å². The summed E-state index contributed by atoms with van der Waals surface area (Å²) in [4.78, 5) is 0. The van der Waals surface area contributed by atoms with E-state index in [9.17, 15) is 0 Å². The van der Waals surface area contributed by atoms with Crippen LogP contribution in [0.25, 0.3) is 0 Å². The van der Waals surface area contributed by atoms with Crippen LogP contribution in [-0.2, 0) is 0 Å². The van der Waals surface area contributed by atoms with Crippen molar-refractivity contribution in [1.82, 2.24) is 0 Å². The van der Waals surface area contributed by atoms with Crippen molar-refractivity contribution in [3.63, 3.8) is 0 Å². The molecule has 0 unspecified atom stereocenters. The Balaban J connectivity index is 1.74. The molecule has 0 spiro atoms. The topological polar surface area (TPSA) is 45.0 Å². The van der Waals surface area contributed by atoms with Gasteiger partial charge < -0.3 is 10.1 Å². The molecule has 3 nitrogen and oxygen atoms in total. The van der Waals surface area contributed by atoms with Gasteiger partial charge in [0.25, 0.3) is 0 Å². The number of ether oxygens (including phenoxy) is 1. The molecule has 1 heterocycles. The van der Waals surface area contributed by atoms with Crippen LogP contribution in [0, 0.1) is 17.2 Å². The van der Waals surface area contributed by atoms with Crippen LogP contribution in [0.4, 0.5) is 5.69 Å². The standard InChI is InChI=1S/C20H18N2O/c1-23-15-9-10-19-18(11-15)16-3-2-4-17(16)20(22-19)14-7-5-13(12-21)6-8-14/h2-3,5-11,16-17,20,22H,4H2,1H3/t16-,17-,20+/m1/s1. The number of benzene rings is 2. The van der Waals surface area contributed by atoms with E-state index in [1.807, 2.05) is 18.2 Å². The molecule has 4 rings (SSSR count). The molecule has 0 saturated carbocycles. The van der Waals surface area contributed by atoms with Gasteiger partial charge >= 0.3 is 0 Å². The van der Waals surface area contributed by atoms with Gasteiger partial charge in [-0.1, -0.05) is 24.3 Å². The highest BCUT2D eigenvalue weighted by Crippen LogP contribution is 2.50.